The lowest BCUT2D eigenvalue weighted by atomic mass is 9.82. The molecule has 0 radical (unpaired) electrons. The number of anilines is 4. The first-order valence-corrected chi connectivity index (χ1v) is 10.7. The van der Waals surface area contributed by atoms with Gasteiger partial charge in [-0.25, -0.2) is 4.57 Å². The minimum absolute atomic E-state index is 0.0596. The molecule has 0 saturated heterocycles. The smallest absolute Gasteiger partial charge is 0.320 e. The van der Waals surface area contributed by atoms with Gasteiger partial charge in [0, 0.05) is 16.9 Å². The van der Waals surface area contributed by atoms with Crippen molar-refractivity contribution in [2.75, 3.05) is 9.62 Å². The van der Waals surface area contributed by atoms with Gasteiger partial charge in [-0.1, -0.05) is 50.2 Å². The number of para-hydroxylation sites is 2. The molecule has 4 aromatic rings. The zero-order chi connectivity index (χ0) is 20.0. The van der Waals surface area contributed by atoms with E-state index >= 15 is 0 Å². The summed E-state index contributed by atoms with van der Waals surface area (Å²) in [5, 5.41) is 0. The van der Waals surface area contributed by atoms with E-state index in [-0.39, 0.29) is 7.12 Å². The van der Waals surface area contributed by atoms with Gasteiger partial charge >= 0.3 is 7.12 Å². The molecule has 1 aromatic heterocycles. The number of rotatable bonds is 2. The quantitative estimate of drug-likeness (QED) is 0.392. The number of imidazole rings is 1. The monoisotopic (exact) mass is 389 g/mol. The predicted octanol–water partition coefficient (Wildman–Crippen LogP) is 5.06. The molecule has 4 nitrogen and oxygen atoms in total. The van der Waals surface area contributed by atoms with E-state index in [0.717, 1.165) is 6.54 Å². The van der Waals surface area contributed by atoms with E-state index in [1.807, 2.05) is 0 Å². The van der Waals surface area contributed by atoms with Crippen molar-refractivity contribution in [2.24, 2.45) is 0 Å². The second-order valence-corrected chi connectivity index (χ2v) is 8.79. The largest absolute Gasteiger partial charge is 0.643 e. The SMILES string of the molecule is CC(C)c1ccc(N2B3N(c4ccccc42)c2cccc4c2-c2n(cc[n+]23)C4)cc1. The Hall–Kier alpha value is -3.47. The maximum absolute atomic E-state index is 2.51. The van der Waals surface area contributed by atoms with E-state index in [4.69, 9.17) is 0 Å². The Bertz CT molecular complexity index is 1320. The normalized spacial score (nSPS) is 15.0. The standard InChI is InChI=1S/C25H22BN4/c1-17(2)18-10-12-20(13-11-18)29-21-7-3-4-8-22(21)30-23-9-5-6-19-16-27-14-15-28(26(29)30)25(27)24(19)23/h3-15,17H,16H2,1-2H3/q+1. The third kappa shape index (κ3) is 1.90. The fraction of sp³-hybridized carbons (Fsp3) is 0.160. The van der Waals surface area contributed by atoms with E-state index in [9.17, 15) is 0 Å². The summed E-state index contributed by atoms with van der Waals surface area (Å²) in [6.07, 6.45) is 4.47. The van der Waals surface area contributed by atoms with Crippen LogP contribution in [0.1, 0.15) is 30.9 Å². The van der Waals surface area contributed by atoms with Crippen LogP contribution >= 0.6 is 0 Å². The van der Waals surface area contributed by atoms with Gasteiger partial charge in [0.1, 0.15) is 18.9 Å². The summed E-state index contributed by atoms with van der Waals surface area (Å²) < 4.78 is 4.82. The van der Waals surface area contributed by atoms with Gasteiger partial charge in [0.15, 0.2) is 0 Å². The molecular formula is C25H22BN4+. The van der Waals surface area contributed by atoms with Crippen LogP contribution < -0.4 is 14.1 Å². The Balaban J connectivity index is 1.50. The third-order valence-corrected chi connectivity index (χ3v) is 6.83. The summed E-state index contributed by atoms with van der Waals surface area (Å²) in [5.41, 5.74) is 9.22. The van der Waals surface area contributed by atoms with Crippen LogP contribution in [0.25, 0.3) is 11.4 Å². The average Bonchev–Trinajstić information content (AvgIpc) is 3.44. The maximum atomic E-state index is 2.51. The van der Waals surface area contributed by atoms with Gasteiger partial charge in [-0.2, -0.15) is 0 Å². The first kappa shape index (κ1) is 16.3. The van der Waals surface area contributed by atoms with Crippen LogP contribution in [0.2, 0.25) is 0 Å². The van der Waals surface area contributed by atoms with E-state index < -0.39 is 0 Å². The minimum Gasteiger partial charge on any atom is -0.320 e. The van der Waals surface area contributed by atoms with E-state index in [1.54, 1.807) is 0 Å². The molecule has 0 bridgehead atoms. The molecule has 0 amide bonds. The molecule has 0 atom stereocenters. The average molecular weight is 389 g/mol. The number of benzene rings is 3. The first-order valence-electron chi connectivity index (χ1n) is 10.7. The molecule has 7 rings (SSSR count). The van der Waals surface area contributed by atoms with Gasteiger partial charge < -0.3 is 9.62 Å². The van der Waals surface area contributed by atoms with Gasteiger partial charge in [-0.15, -0.1) is 0 Å². The Morgan fingerprint density at radius 2 is 1.57 bits per heavy atom. The van der Waals surface area contributed by atoms with Gasteiger partial charge in [0.2, 0.25) is 0 Å². The van der Waals surface area contributed by atoms with E-state index in [1.165, 1.54) is 45.3 Å². The number of fused-ring (bicyclic) bond motifs is 5. The predicted molar refractivity (Wildman–Crippen MR) is 122 cm³/mol. The van der Waals surface area contributed by atoms with Crippen molar-refractivity contribution in [1.82, 2.24) is 4.57 Å². The van der Waals surface area contributed by atoms with Gasteiger partial charge in [-0.05, 0) is 41.8 Å². The van der Waals surface area contributed by atoms with Crippen molar-refractivity contribution in [3.63, 3.8) is 0 Å². The highest BCUT2D eigenvalue weighted by molar-refractivity contribution is 6.66. The number of hydrogen-bond acceptors (Lipinski definition) is 2. The van der Waals surface area contributed by atoms with Crippen molar-refractivity contribution in [3.05, 3.63) is 90.3 Å². The van der Waals surface area contributed by atoms with Crippen molar-refractivity contribution in [3.8, 4) is 11.4 Å². The van der Waals surface area contributed by atoms with E-state index in [2.05, 4.69) is 112 Å². The van der Waals surface area contributed by atoms with Crippen molar-refractivity contribution >= 4 is 29.9 Å². The minimum atomic E-state index is 0.0596. The Kier molecular flexibility index (Phi) is 3.03. The molecule has 0 N–H and O–H groups in total. The highest BCUT2D eigenvalue weighted by Gasteiger charge is 2.56. The molecule has 3 aliphatic heterocycles. The van der Waals surface area contributed by atoms with Crippen LogP contribution in [-0.2, 0) is 6.54 Å². The molecule has 30 heavy (non-hydrogen) atoms. The fourth-order valence-electron chi connectivity index (χ4n) is 5.42. The van der Waals surface area contributed by atoms with Crippen molar-refractivity contribution in [1.29, 1.82) is 0 Å². The molecular weight excluding hydrogens is 367 g/mol. The van der Waals surface area contributed by atoms with Crippen LogP contribution in [0.5, 0.6) is 0 Å². The number of nitrogens with zero attached hydrogens (tertiary/aromatic N) is 4. The summed E-state index contributed by atoms with van der Waals surface area (Å²) in [6, 6.07) is 24.6. The molecule has 0 fully saturated rings. The maximum Gasteiger partial charge on any atom is 0.643 e. The molecule has 0 unspecified atom stereocenters. The highest BCUT2D eigenvalue weighted by atomic mass is 15.4. The summed E-state index contributed by atoms with van der Waals surface area (Å²) in [4.78, 5) is 4.99. The third-order valence-electron chi connectivity index (χ3n) is 6.83. The lowest BCUT2D eigenvalue weighted by Crippen LogP contribution is -2.68. The Labute approximate surface area is 176 Å². The second kappa shape index (κ2) is 5.57. The molecule has 3 aromatic carbocycles. The summed E-state index contributed by atoms with van der Waals surface area (Å²) in [6.45, 7) is 5.45. The molecule has 4 heterocycles. The molecule has 0 aliphatic carbocycles. The molecule has 144 valence electrons. The summed E-state index contributed by atoms with van der Waals surface area (Å²) in [7, 11) is 0.0596. The van der Waals surface area contributed by atoms with Gasteiger partial charge in [0.05, 0.1) is 16.9 Å². The summed E-state index contributed by atoms with van der Waals surface area (Å²) in [5.74, 6) is 1.85. The lowest BCUT2D eigenvalue weighted by Gasteiger charge is -2.30. The van der Waals surface area contributed by atoms with Gasteiger partial charge in [-0.3, -0.25) is 4.48 Å². The number of aromatic nitrogens is 2. The topological polar surface area (TPSA) is 15.3 Å². The van der Waals surface area contributed by atoms with Crippen LogP contribution in [0.15, 0.2) is 79.1 Å². The zero-order valence-corrected chi connectivity index (χ0v) is 17.2. The second-order valence-electron chi connectivity index (χ2n) is 8.79. The first-order chi connectivity index (χ1) is 14.7. The van der Waals surface area contributed by atoms with Crippen molar-refractivity contribution in [2.45, 2.75) is 26.3 Å². The molecule has 0 saturated carbocycles. The van der Waals surface area contributed by atoms with Crippen molar-refractivity contribution < 1.29 is 4.48 Å². The number of hydrogen-bond donors (Lipinski definition) is 0. The zero-order valence-electron chi connectivity index (χ0n) is 17.2. The lowest BCUT2D eigenvalue weighted by molar-refractivity contribution is -0.526. The van der Waals surface area contributed by atoms with Crippen LogP contribution in [0.4, 0.5) is 22.7 Å². The highest BCUT2D eigenvalue weighted by Crippen LogP contribution is 2.51. The Morgan fingerprint density at radius 1 is 0.833 bits per heavy atom. The molecule has 5 heteroatoms. The molecule has 0 spiro atoms. The fourth-order valence-corrected chi connectivity index (χ4v) is 5.42. The Morgan fingerprint density at radius 3 is 2.33 bits per heavy atom. The van der Waals surface area contributed by atoms with Gasteiger partial charge in [0.25, 0.3) is 5.82 Å². The van der Waals surface area contributed by atoms with Crippen LogP contribution in [0, 0.1) is 0 Å². The molecule has 3 aliphatic rings. The van der Waals surface area contributed by atoms with Crippen LogP contribution in [0.3, 0.4) is 0 Å². The van der Waals surface area contributed by atoms with Crippen LogP contribution in [-0.4, -0.2) is 11.7 Å². The van der Waals surface area contributed by atoms with E-state index in [0.29, 0.717) is 5.92 Å². The summed E-state index contributed by atoms with van der Waals surface area (Å²) >= 11 is 0.